The summed E-state index contributed by atoms with van der Waals surface area (Å²) in [7, 11) is 2.12. The normalized spacial score (nSPS) is 11.4. The molecule has 0 N–H and O–H groups in total. The molecule has 0 radical (unpaired) electrons. The van der Waals surface area contributed by atoms with Gasteiger partial charge in [-0.25, -0.2) is 4.98 Å². The second kappa shape index (κ2) is 5.05. The number of alkyl halides is 1. The van der Waals surface area contributed by atoms with E-state index in [0.29, 0.717) is 0 Å². The van der Waals surface area contributed by atoms with Crippen LogP contribution < -0.4 is 0 Å². The van der Waals surface area contributed by atoms with Gasteiger partial charge in [0.2, 0.25) is 0 Å². The Morgan fingerprint density at radius 1 is 1.40 bits per heavy atom. The van der Waals surface area contributed by atoms with Gasteiger partial charge in [-0.05, 0) is 19.2 Å². The number of para-hydroxylation sites is 1. The smallest absolute Gasteiger partial charge is 0.108 e. The number of fused-ring (bicyclic) bond motifs is 1. The van der Waals surface area contributed by atoms with E-state index in [2.05, 4.69) is 51.1 Å². The highest BCUT2D eigenvalue weighted by Gasteiger charge is 2.05. The summed E-state index contributed by atoms with van der Waals surface area (Å²) in [4.78, 5) is 6.87. The van der Waals surface area contributed by atoms with Crippen LogP contribution in [0, 0.1) is 0 Å². The van der Waals surface area contributed by atoms with Gasteiger partial charge in [-0.2, -0.15) is 0 Å². The zero-order valence-corrected chi connectivity index (χ0v) is 11.0. The van der Waals surface area contributed by atoms with Gasteiger partial charge in [-0.3, -0.25) is 4.90 Å². The number of rotatable bonds is 4. The van der Waals surface area contributed by atoms with Crippen LogP contribution in [-0.4, -0.2) is 28.8 Å². The first kappa shape index (κ1) is 11.0. The summed E-state index contributed by atoms with van der Waals surface area (Å²) in [6, 6.07) is 8.29. The lowest BCUT2D eigenvalue weighted by atomic mass is 10.3. The molecule has 2 rings (SSSR count). The van der Waals surface area contributed by atoms with Crippen molar-refractivity contribution in [2.45, 2.75) is 6.54 Å². The van der Waals surface area contributed by atoms with Gasteiger partial charge >= 0.3 is 0 Å². The molecule has 0 aliphatic rings. The molecule has 0 bridgehead atoms. The summed E-state index contributed by atoms with van der Waals surface area (Å²) in [5.74, 6) is 0. The van der Waals surface area contributed by atoms with Gasteiger partial charge in [-0.1, -0.05) is 28.1 Å². The van der Waals surface area contributed by atoms with Crippen LogP contribution in [0.5, 0.6) is 0 Å². The molecule has 0 fully saturated rings. The third kappa shape index (κ3) is 2.77. The van der Waals surface area contributed by atoms with Gasteiger partial charge < -0.3 is 0 Å². The van der Waals surface area contributed by atoms with Gasteiger partial charge in [0.15, 0.2) is 0 Å². The summed E-state index contributed by atoms with van der Waals surface area (Å²) in [5.41, 5.74) is 1.12. The zero-order chi connectivity index (χ0) is 10.7. The first-order valence-corrected chi connectivity index (χ1v) is 6.82. The fourth-order valence-corrected chi connectivity index (χ4v) is 3.09. The summed E-state index contributed by atoms with van der Waals surface area (Å²) < 4.78 is 1.28. The number of nitrogens with zero attached hydrogens (tertiary/aromatic N) is 2. The molecule has 0 unspecified atom stereocenters. The Labute approximate surface area is 102 Å². The predicted octanol–water partition coefficient (Wildman–Crippen LogP) is 3.12. The topological polar surface area (TPSA) is 16.1 Å². The van der Waals surface area contributed by atoms with Crippen molar-refractivity contribution < 1.29 is 0 Å². The molecular weight excluding hydrogens is 272 g/mol. The molecule has 1 aromatic carbocycles. The summed E-state index contributed by atoms with van der Waals surface area (Å²) in [5, 5.41) is 2.20. The van der Waals surface area contributed by atoms with Crippen LogP contribution in [0.3, 0.4) is 0 Å². The van der Waals surface area contributed by atoms with Gasteiger partial charge in [0.05, 0.1) is 16.8 Å². The van der Waals surface area contributed by atoms with Gasteiger partial charge in [0.25, 0.3) is 0 Å². The number of thiazole rings is 1. The summed E-state index contributed by atoms with van der Waals surface area (Å²) in [6.45, 7) is 1.99. The van der Waals surface area contributed by atoms with Crippen LogP contribution in [-0.2, 0) is 6.54 Å². The highest BCUT2D eigenvalue weighted by Crippen LogP contribution is 2.22. The van der Waals surface area contributed by atoms with Crippen molar-refractivity contribution in [1.82, 2.24) is 9.88 Å². The summed E-state index contributed by atoms with van der Waals surface area (Å²) >= 11 is 5.22. The quantitative estimate of drug-likeness (QED) is 0.802. The van der Waals surface area contributed by atoms with Crippen molar-refractivity contribution in [3.05, 3.63) is 29.3 Å². The molecule has 4 heteroatoms. The van der Waals surface area contributed by atoms with Crippen molar-refractivity contribution >= 4 is 37.5 Å². The lowest BCUT2D eigenvalue weighted by Gasteiger charge is -2.12. The van der Waals surface area contributed by atoms with E-state index in [0.717, 1.165) is 23.9 Å². The van der Waals surface area contributed by atoms with E-state index in [-0.39, 0.29) is 0 Å². The molecule has 2 nitrogen and oxygen atoms in total. The Bertz CT molecular complexity index is 408. The molecular formula is C11H13BrN2S. The summed E-state index contributed by atoms with van der Waals surface area (Å²) in [6.07, 6.45) is 0. The molecule has 0 atom stereocenters. The molecule has 80 valence electrons. The van der Waals surface area contributed by atoms with Crippen LogP contribution in [0.15, 0.2) is 24.3 Å². The van der Waals surface area contributed by atoms with E-state index in [9.17, 15) is 0 Å². The Kier molecular flexibility index (Phi) is 3.72. The SMILES string of the molecule is CN(CCBr)Cc1nc2ccccc2s1. The second-order valence-corrected chi connectivity index (χ2v) is 5.41. The molecule has 0 spiro atoms. The third-order valence-corrected chi connectivity index (χ3v) is 3.59. The lowest BCUT2D eigenvalue weighted by molar-refractivity contribution is 0.349. The predicted molar refractivity (Wildman–Crippen MR) is 69.7 cm³/mol. The van der Waals surface area contributed by atoms with Gasteiger partial charge in [-0.15, -0.1) is 11.3 Å². The highest BCUT2D eigenvalue weighted by molar-refractivity contribution is 9.09. The van der Waals surface area contributed by atoms with E-state index < -0.39 is 0 Å². The van der Waals surface area contributed by atoms with Crippen LogP contribution in [0.25, 0.3) is 10.2 Å². The molecule has 1 heterocycles. The number of hydrogen-bond acceptors (Lipinski definition) is 3. The Morgan fingerprint density at radius 3 is 2.93 bits per heavy atom. The maximum atomic E-state index is 4.60. The highest BCUT2D eigenvalue weighted by atomic mass is 79.9. The maximum Gasteiger partial charge on any atom is 0.108 e. The van der Waals surface area contributed by atoms with Crippen molar-refractivity contribution in [3.63, 3.8) is 0 Å². The van der Waals surface area contributed by atoms with Crippen LogP contribution in [0.4, 0.5) is 0 Å². The Morgan fingerprint density at radius 2 is 2.20 bits per heavy atom. The molecule has 0 amide bonds. The van der Waals surface area contributed by atoms with E-state index in [1.54, 1.807) is 11.3 Å². The maximum absolute atomic E-state index is 4.60. The second-order valence-electron chi connectivity index (χ2n) is 3.50. The van der Waals surface area contributed by atoms with Crippen molar-refractivity contribution in [2.24, 2.45) is 0 Å². The standard InChI is InChI=1S/C11H13BrN2S/c1-14(7-6-12)8-11-13-9-4-2-3-5-10(9)15-11/h2-5H,6-8H2,1H3. The van der Waals surface area contributed by atoms with E-state index in [1.165, 1.54) is 9.71 Å². The molecule has 0 saturated carbocycles. The monoisotopic (exact) mass is 284 g/mol. The van der Waals surface area contributed by atoms with Crippen LogP contribution in [0.1, 0.15) is 5.01 Å². The molecule has 0 aliphatic heterocycles. The number of aromatic nitrogens is 1. The minimum Gasteiger partial charge on any atom is -0.299 e. The van der Waals surface area contributed by atoms with E-state index in [1.807, 2.05) is 6.07 Å². The fourth-order valence-electron chi connectivity index (χ4n) is 1.44. The fraction of sp³-hybridized carbons (Fsp3) is 0.364. The van der Waals surface area contributed by atoms with Crippen molar-refractivity contribution in [1.29, 1.82) is 0 Å². The third-order valence-electron chi connectivity index (χ3n) is 2.21. The number of halogens is 1. The average molecular weight is 285 g/mol. The van der Waals surface area contributed by atoms with Crippen LogP contribution in [0.2, 0.25) is 0 Å². The Balaban J connectivity index is 2.15. The van der Waals surface area contributed by atoms with Gasteiger partial charge in [0.1, 0.15) is 5.01 Å². The minimum absolute atomic E-state index is 0.935. The molecule has 15 heavy (non-hydrogen) atoms. The van der Waals surface area contributed by atoms with Crippen molar-refractivity contribution in [3.8, 4) is 0 Å². The first-order valence-electron chi connectivity index (χ1n) is 4.88. The van der Waals surface area contributed by atoms with Crippen molar-refractivity contribution in [2.75, 3.05) is 18.9 Å². The first-order chi connectivity index (χ1) is 7.29. The minimum atomic E-state index is 0.935. The molecule has 0 saturated heterocycles. The molecule has 1 aromatic heterocycles. The zero-order valence-electron chi connectivity index (χ0n) is 8.61. The lowest BCUT2D eigenvalue weighted by Crippen LogP contribution is -2.19. The molecule has 2 aromatic rings. The van der Waals surface area contributed by atoms with E-state index >= 15 is 0 Å². The van der Waals surface area contributed by atoms with E-state index in [4.69, 9.17) is 0 Å². The largest absolute Gasteiger partial charge is 0.299 e. The molecule has 0 aliphatic carbocycles. The van der Waals surface area contributed by atoms with Crippen LogP contribution >= 0.6 is 27.3 Å². The average Bonchev–Trinajstić information content (AvgIpc) is 2.59. The number of hydrogen-bond donors (Lipinski definition) is 0. The van der Waals surface area contributed by atoms with Gasteiger partial charge in [0, 0.05) is 11.9 Å². The number of benzene rings is 1. The Hall–Kier alpha value is -0.450.